The first kappa shape index (κ1) is 22.0. The lowest BCUT2D eigenvalue weighted by Gasteiger charge is -2.40. The fourth-order valence-electron chi connectivity index (χ4n) is 4.06. The molecule has 2 aromatic rings. The normalized spacial score (nSPS) is 16.0. The second-order valence-corrected chi connectivity index (χ2v) is 9.77. The summed E-state index contributed by atoms with van der Waals surface area (Å²) in [7, 11) is 0. The molecule has 0 aliphatic heterocycles. The van der Waals surface area contributed by atoms with Crippen LogP contribution in [0.1, 0.15) is 56.4 Å². The van der Waals surface area contributed by atoms with Crippen molar-refractivity contribution >= 4 is 45.1 Å². The van der Waals surface area contributed by atoms with Gasteiger partial charge in [0.1, 0.15) is 21.7 Å². The van der Waals surface area contributed by atoms with Crippen molar-refractivity contribution < 1.29 is 9.59 Å². The molecule has 1 aliphatic rings. The van der Waals surface area contributed by atoms with Crippen molar-refractivity contribution in [2.45, 2.75) is 70.4 Å². The Labute approximate surface area is 180 Å². The number of nitrogens with one attached hydrogen (secondary N) is 1. The van der Waals surface area contributed by atoms with Gasteiger partial charge >= 0.3 is 0 Å². The Balaban J connectivity index is 1.74. The molecule has 158 valence electrons. The second kappa shape index (κ2) is 9.43. The standard InChI is InChI=1S/C21H30N4O2S2/c1-5-25(6-2)20(27)21(10-8-7-9-11-21)24-16(26)12-28-18-17-14(3)15(4)29-19(17)23-13-22-18/h13H,5-12H2,1-4H3,(H,24,26). The summed E-state index contributed by atoms with van der Waals surface area (Å²) < 4.78 is 0. The van der Waals surface area contributed by atoms with E-state index in [0.29, 0.717) is 13.1 Å². The van der Waals surface area contributed by atoms with E-state index in [1.807, 2.05) is 18.7 Å². The molecule has 3 rings (SSSR count). The van der Waals surface area contributed by atoms with Gasteiger partial charge in [0.2, 0.25) is 11.8 Å². The molecule has 1 aliphatic carbocycles. The van der Waals surface area contributed by atoms with Crippen LogP contribution < -0.4 is 5.32 Å². The van der Waals surface area contributed by atoms with E-state index in [9.17, 15) is 9.59 Å². The average molecular weight is 435 g/mol. The van der Waals surface area contributed by atoms with Crippen LogP contribution in [0.15, 0.2) is 11.4 Å². The number of nitrogens with zero attached hydrogens (tertiary/aromatic N) is 3. The molecule has 29 heavy (non-hydrogen) atoms. The first-order valence-corrected chi connectivity index (χ1v) is 12.2. The number of fused-ring (bicyclic) bond motifs is 1. The van der Waals surface area contributed by atoms with Crippen LogP contribution in [-0.4, -0.2) is 51.1 Å². The number of rotatable bonds is 7. The summed E-state index contributed by atoms with van der Waals surface area (Å²) in [5.41, 5.74) is 0.423. The summed E-state index contributed by atoms with van der Waals surface area (Å²) in [5.74, 6) is 0.205. The SMILES string of the molecule is CCN(CC)C(=O)C1(NC(=O)CSc2ncnc3sc(C)c(C)c23)CCCCC1. The number of carbonyl (C=O) groups is 2. The van der Waals surface area contributed by atoms with Crippen LogP contribution in [0.25, 0.3) is 10.2 Å². The van der Waals surface area contributed by atoms with Crippen LogP contribution in [0.3, 0.4) is 0 Å². The number of hydrogen-bond acceptors (Lipinski definition) is 6. The van der Waals surface area contributed by atoms with Crippen molar-refractivity contribution in [3.05, 3.63) is 16.8 Å². The van der Waals surface area contributed by atoms with Gasteiger partial charge in [-0.05, 0) is 46.1 Å². The summed E-state index contributed by atoms with van der Waals surface area (Å²) in [6.45, 7) is 9.45. The summed E-state index contributed by atoms with van der Waals surface area (Å²) >= 11 is 3.07. The van der Waals surface area contributed by atoms with Gasteiger partial charge in [-0.25, -0.2) is 9.97 Å². The van der Waals surface area contributed by atoms with Crippen LogP contribution in [0, 0.1) is 13.8 Å². The van der Waals surface area contributed by atoms with Gasteiger partial charge in [0, 0.05) is 23.4 Å². The highest BCUT2D eigenvalue weighted by Crippen LogP contribution is 2.35. The van der Waals surface area contributed by atoms with E-state index in [4.69, 9.17) is 0 Å². The third-order valence-corrected chi connectivity index (χ3v) is 7.92. The number of likely N-dealkylation sites (N-methyl/N-ethyl adjacent to an activating group) is 1. The maximum Gasteiger partial charge on any atom is 0.248 e. The molecule has 1 N–H and O–H groups in total. The number of hydrogen-bond donors (Lipinski definition) is 1. The average Bonchev–Trinajstić information content (AvgIpc) is 3.02. The molecule has 0 saturated heterocycles. The van der Waals surface area contributed by atoms with E-state index in [2.05, 4.69) is 29.1 Å². The van der Waals surface area contributed by atoms with E-state index in [0.717, 1.165) is 47.3 Å². The molecular formula is C21H30N4O2S2. The van der Waals surface area contributed by atoms with Crippen molar-refractivity contribution in [1.29, 1.82) is 0 Å². The van der Waals surface area contributed by atoms with Gasteiger partial charge in [-0.1, -0.05) is 31.0 Å². The third-order valence-electron chi connectivity index (χ3n) is 5.82. The number of aromatic nitrogens is 2. The Morgan fingerprint density at radius 3 is 2.52 bits per heavy atom. The van der Waals surface area contributed by atoms with Gasteiger partial charge in [-0.3, -0.25) is 9.59 Å². The Morgan fingerprint density at radius 2 is 1.86 bits per heavy atom. The molecule has 0 unspecified atom stereocenters. The zero-order valence-corrected chi connectivity index (χ0v) is 19.3. The van der Waals surface area contributed by atoms with Crippen molar-refractivity contribution in [2.24, 2.45) is 0 Å². The quantitative estimate of drug-likeness (QED) is 0.525. The predicted octanol–water partition coefficient (Wildman–Crippen LogP) is 4.09. The smallest absolute Gasteiger partial charge is 0.248 e. The number of thioether (sulfide) groups is 1. The zero-order valence-electron chi connectivity index (χ0n) is 17.7. The Kier molecular flexibility index (Phi) is 7.16. The largest absolute Gasteiger partial charge is 0.341 e. The molecular weight excluding hydrogens is 404 g/mol. The molecule has 0 aromatic carbocycles. The van der Waals surface area contributed by atoms with Crippen molar-refractivity contribution in [3.63, 3.8) is 0 Å². The van der Waals surface area contributed by atoms with Crippen LogP contribution in [0.4, 0.5) is 0 Å². The minimum atomic E-state index is -0.752. The lowest BCUT2D eigenvalue weighted by Crippen LogP contribution is -2.60. The summed E-state index contributed by atoms with van der Waals surface area (Å²) in [6.07, 6.45) is 6.07. The molecule has 2 heterocycles. The first-order valence-electron chi connectivity index (χ1n) is 10.4. The van der Waals surface area contributed by atoms with E-state index < -0.39 is 5.54 Å². The van der Waals surface area contributed by atoms with Gasteiger partial charge in [-0.15, -0.1) is 11.3 Å². The second-order valence-electron chi connectivity index (χ2n) is 7.60. The number of aryl methyl sites for hydroxylation is 2. The van der Waals surface area contributed by atoms with Gasteiger partial charge in [0.05, 0.1) is 5.75 Å². The highest BCUT2D eigenvalue weighted by atomic mass is 32.2. The fourth-order valence-corrected chi connectivity index (χ4v) is 5.97. The molecule has 2 amide bonds. The van der Waals surface area contributed by atoms with E-state index >= 15 is 0 Å². The molecule has 1 fully saturated rings. The lowest BCUT2D eigenvalue weighted by atomic mass is 9.80. The maximum atomic E-state index is 13.2. The number of thiophene rings is 1. The van der Waals surface area contributed by atoms with Crippen LogP contribution in [-0.2, 0) is 9.59 Å². The van der Waals surface area contributed by atoms with Gasteiger partial charge in [0.15, 0.2) is 0 Å². The van der Waals surface area contributed by atoms with Gasteiger partial charge in [0.25, 0.3) is 0 Å². The highest BCUT2D eigenvalue weighted by Gasteiger charge is 2.42. The summed E-state index contributed by atoms with van der Waals surface area (Å²) in [4.78, 5) is 38.9. The molecule has 0 bridgehead atoms. The molecule has 0 radical (unpaired) electrons. The third kappa shape index (κ3) is 4.58. The molecule has 1 saturated carbocycles. The zero-order chi connectivity index (χ0) is 21.0. The van der Waals surface area contributed by atoms with E-state index in [1.165, 1.54) is 22.2 Å². The minimum absolute atomic E-state index is 0.0641. The van der Waals surface area contributed by atoms with Gasteiger partial charge < -0.3 is 10.2 Å². The Hall–Kier alpha value is -1.67. The summed E-state index contributed by atoms with van der Waals surface area (Å²) in [6, 6.07) is 0. The Bertz CT molecular complexity index is 886. The predicted molar refractivity (Wildman–Crippen MR) is 119 cm³/mol. The molecule has 0 atom stereocenters. The topological polar surface area (TPSA) is 75.2 Å². The molecule has 8 heteroatoms. The minimum Gasteiger partial charge on any atom is -0.341 e. The van der Waals surface area contributed by atoms with E-state index in [-0.39, 0.29) is 17.6 Å². The Morgan fingerprint density at radius 1 is 1.17 bits per heavy atom. The van der Waals surface area contributed by atoms with Crippen molar-refractivity contribution in [1.82, 2.24) is 20.2 Å². The maximum absolute atomic E-state index is 13.2. The molecule has 2 aromatic heterocycles. The monoisotopic (exact) mass is 434 g/mol. The van der Waals surface area contributed by atoms with E-state index in [1.54, 1.807) is 17.7 Å². The van der Waals surface area contributed by atoms with Crippen LogP contribution in [0.2, 0.25) is 0 Å². The molecule has 0 spiro atoms. The fraction of sp³-hybridized carbons (Fsp3) is 0.619. The lowest BCUT2D eigenvalue weighted by molar-refractivity contribution is -0.142. The van der Waals surface area contributed by atoms with Crippen LogP contribution >= 0.6 is 23.1 Å². The number of amides is 2. The van der Waals surface area contributed by atoms with Gasteiger partial charge in [-0.2, -0.15) is 0 Å². The molecule has 6 nitrogen and oxygen atoms in total. The van der Waals surface area contributed by atoms with Crippen molar-refractivity contribution in [3.8, 4) is 0 Å². The first-order chi connectivity index (χ1) is 13.9. The summed E-state index contributed by atoms with van der Waals surface area (Å²) in [5, 5.41) is 5.00. The number of carbonyl (C=O) groups excluding carboxylic acids is 2. The highest BCUT2D eigenvalue weighted by molar-refractivity contribution is 8.00. The van der Waals surface area contributed by atoms with Crippen LogP contribution in [0.5, 0.6) is 0 Å². The van der Waals surface area contributed by atoms with Crippen molar-refractivity contribution in [2.75, 3.05) is 18.8 Å².